The second kappa shape index (κ2) is 6.31. The fourth-order valence-electron chi connectivity index (χ4n) is 1.45. The third kappa shape index (κ3) is 3.54. The van der Waals surface area contributed by atoms with Crippen LogP contribution in [0.3, 0.4) is 0 Å². The summed E-state index contributed by atoms with van der Waals surface area (Å²) < 4.78 is 14.4. The fraction of sp³-hybridized carbons (Fsp3) is 0.154. The zero-order chi connectivity index (χ0) is 13.0. The molecule has 0 bridgehead atoms. The van der Waals surface area contributed by atoms with Crippen LogP contribution in [0.5, 0.6) is 0 Å². The van der Waals surface area contributed by atoms with Crippen LogP contribution in [0.4, 0.5) is 4.39 Å². The number of pyridine rings is 1. The minimum absolute atomic E-state index is 0.287. The van der Waals surface area contributed by atoms with E-state index in [0.717, 1.165) is 15.6 Å². The Morgan fingerprint density at radius 2 is 2.00 bits per heavy atom. The molecule has 2 nitrogen and oxygen atoms in total. The first-order valence-corrected chi connectivity index (χ1v) is 7.10. The molecule has 0 aliphatic carbocycles. The highest BCUT2D eigenvalue weighted by Gasteiger charge is 2.12. The van der Waals surface area contributed by atoms with Gasteiger partial charge in [-0.25, -0.2) is 4.39 Å². The van der Waals surface area contributed by atoms with E-state index in [1.54, 1.807) is 0 Å². The van der Waals surface area contributed by atoms with E-state index in [4.69, 9.17) is 0 Å². The van der Waals surface area contributed by atoms with Gasteiger partial charge in [0, 0.05) is 26.9 Å². The number of benzene rings is 1. The molecule has 0 spiro atoms. The predicted octanol–water partition coefficient (Wildman–Crippen LogP) is 3.81. The topological polar surface area (TPSA) is 33.1 Å². The predicted molar refractivity (Wildman–Crippen MR) is 74.0 cm³/mol. The number of rotatable bonds is 4. The van der Waals surface area contributed by atoms with Crippen LogP contribution in [0.1, 0.15) is 11.7 Å². The zero-order valence-corrected chi connectivity index (χ0v) is 11.8. The molecular weight excluding hydrogens is 317 g/mol. The van der Waals surface area contributed by atoms with Crippen LogP contribution < -0.4 is 0 Å². The van der Waals surface area contributed by atoms with Gasteiger partial charge >= 0.3 is 0 Å². The first-order chi connectivity index (χ1) is 8.66. The minimum atomic E-state index is -0.832. The van der Waals surface area contributed by atoms with E-state index in [0.29, 0.717) is 5.75 Å². The Morgan fingerprint density at radius 1 is 1.28 bits per heavy atom. The largest absolute Gasteiger partial charge is 0.387 e. The lowest BCUT2D eigenvalue weighted by atomic mass is 10.2. The normalized spacial score (nSPS) is 12.4. The van der Waals surface area contributed by atoms with Crippen molar-refractivity contribution in [3.63, 3.8) is 0 Å². The maximum absolute atomic E-state index is 13.4. The number of aliphatic hydroxyl groups excluding tert-OH is 1. The zero-order valence-electron chi connectivity index (χ0n) is 9.38. The van der Waals surface area contributed by atoms with Gasteiger partial charge in [0.2, 0.25) is 0 Å². The first-order valence-electron chi connectivity index (χ1n) is 5.32. The number of hydrogen-bond donors (Lipinski definition) is 1. The first kappa shape index (κ1) is 13.5. The number of hydrogen-bond acceptors (Lipinski definition) is 3. The number of aromatic nitrogens is 1. The standard InChI is InChI=1S/C13H11BrFNOS/c14-9-1-3-10(4-2-9)18-8-13(17)11-5-6-16-7-12(11)15/h1-7,13,17H,8H2. The molecule has 1 N–H and O–H groups in total. The van der Waals surface area contributed by atoms with Gasteiger partial charge in [-0.3, -0.25) is 4.98 Å². The summed E-state index contributed by atoms with van der Waals surface area (Å²) in [4.78, 5) is 4.69. The van der Waals surface area contributed by atoms with Crippen molar-refractivity contribution >= 4 is 27.7 Å². The van der Waals surface area contributed by atoms with Gasteiger partial charge in [-0.1, -0.05) is 15.9 Å². The fourth-order valence-corrected chi connectivity index (χ4v) is 2.57. The molecule has 2 rings (SSSR count). The molecule has 5 heteroatoms. The van der Waals surface area contributed by atoms with Crippen LogP contribution in [0.2, 0.25) is 0 Å². The molecule has 0 aliphatic rings. The summed E-state index contributed by atoms with van der Waals surface area (Å²) in [5, 5.41) is 9.92. The van der Waals surface area contributed by atoms with Crippen molar-refractivity contribution < 1.29 is 9.50 Å². The van der Waals surface area contributed by atoms with Crippen LogP contribution >= 0.6 is 27.7 Å². The van der Waals surface area contributed by atoms with E-state index in [9.17, 15) is 9.50 Å². The minimum Gasteiger partial charge on any atom is -0.387 e. The molecule has 1 unspecified atom stereocenters. The smallest absolute Gasteiger partial charge is 0.147 e. The molecule has 1 aromatic heterocycles. The monoisotopic (exact) mass is 327 g/mol. The van der Waals surface area contributed by atoms with Gasteiger partial charge in [0.1, 0.15) is 5.82 Å². The van der Waals surface area contributed by atoms with Gasteiger partial charge in [-0.05, 0) is 30.3 Å². The molecular formula is C13H11BrFNOS. The van der Waals surface area contributed by atoms with Crippen molar-refractivity contribution in [2.24, 2.45) is 0 Å². The van der Waals surface area contributed by atoms with Crippen molar-refractivity contribution in [2.45, 2.75) is 11.0 Å². The van der Waals surface area contributed by atoms with Crippen LogP contribution in [0.15, 0.2) is 52.1 Å². The molecule has 1 aromatic carbocycles. The average molecular weight is 328 g/mol. The molecule has 18 heavy (non-hydrogen) atoms. The van der Waals surface area contributed by atoms with Gasteiger partial charge in [0.05, 0.1) is 12.3 Å². The molecule has 0 aliphatic heterocycles. The highest BCUT2D eigenvalue weighted by Crippen LogP contribution is 2.26. The van der Waals surface area contributed by atoms with Crippen molar-refractivity contribution in [3.8, 4) is 0 Å². The SMILES string of the molecule is OC(CSc1ccc(Br)cc1)c1ccncc1F. The molecule has 0 saturated heterocycles. The van der Waals surface area contributed by atoms with Gasteiger partial charge in [-0.15, -0.1) is 11.8 Å². The number of aliphatic hydroxyl groups is 1. The Kier molecular flexibility index (Phi) is 4.74. The number of halogens is 2. The van der Waals surface area contributed by atoms with Gasteiger partial charge < -0.3 is 5.11 Å². The van der Waals surface area contributed by atoms with E-state index in [1.807, 2.05) is 24.3 Å². The summed E-state index contributed by atoms with van der Waals surface area (Å²) in [6.07, 6.45) is 1.76. The van der Waals surface area contributed by atoms with Gasteiger partial charge in [0.25, 0.3) is 0 Å². The summed E-state index contributed by atoms with van der Waals surface area (Å²) in [5.41, 5.74) is 0.287. The molecule has 0 saturated carbocycles. The third-order valence-corrected chi connectivity index (χ3v) is 4.00. The average Bonchev–Trinajstić information content (AvgIpc) is 2.38. The van der Waals surface area contributed by atoms with Crippen molar-refractivity contribution in [1.29, 1.82) is 0 Å². The van der Waals surface area contributed by atoms with Gasteiger partial charge in [0.15, 0.2) is 0 Å². The summed E-state index contributed by atoms with van der Waals surface area (Å²) in [6.45, 7) is 0. The molecule has 0 amide bonds. The van der Waals surface area contributed by atoms with Crippen LogP contribution in [-0.4, -0.2) is 15.8 Å². The molecule has 1 heterocycles. The van der Waals surface area contributed by atoms with E-state index in [1.165, 1.54) is 24.0 Å². The second-order valence-electron chi connectivity index (χ2n) is 3.68. The van der Waals surface area contributed by atoms with Gasteiger partial charge in [-0.2, -0.15) is 0 Å². The van der Waals surface area contributed by atoms with E-state index in [-0.39, 0.29) is 5.56 Å². The molecule has 0 fully saturated rings. The Morgan fingerprint density at radius 3 is 2.67 bits per heavy atom. The molecule has 94 valence electrons. The summed E-state index contributed by atoms with van der Waals surface area (Å²) in [6, 6.07) is 9.26. The Hall–Kier alpha value is -0.910. The number of thioether (sulfide) groups is 1. The summed E-state index contributed by atoms with van der Waals surface area (Å²) in [5.74, 6) is -0.0656. The lowest BCUT2D eigenvalue weighted by molar-refractivity contribution is 0.198. The quantitative estimate of drug-likeness (QED) is 0.867. The molecule has 0 radical (unpaired) electrons. The van der Waals surface area contributed by atoms with Crippen LogP contribution in [-0.2, 0) is 0 Å². The van der Waals surface area contributed by atoms with Crippen molar-refractivity contribution in [2.75, 3.05) is 5.75 Å². The Balaban J connectivity index is 1.98. The van der Waals surface area contributed by atoms with Crippen molar-refractivity contribution in [3.05, 3.63) is 58.6 Å². The lowest BCUT2D eigenvalue weighted by Crippen LogP contribution is -2.03. The lowest BCUT2D eigenvalue weighted by Gasteiger charge is -2.11. The Labute approximate surface area is 117 Å². The van der Waals surface area contributed by atoms with Crippen molar-refractivity contribution in [1.82, 2.24) is 4.98 Å². The maximum Gasteiger partial charge on any atom is 0.147 e. The number of nitrogens with zero attached hydrogens (tertiary/aromatic N) is 1. The van der Waals surface area contributed by atoms with E-state index < -0.39 is 11.9 Å². The second-order valence-corrected chi connectivity index (χ2v) is 5.69. The highest BCUT2D eigenvalue weighted by molar-refractivity contribution is 9.10. The van der Waals surface area contributed by atoms with Crippen LogP contribution in [0, 0.1) is 5.82 Å². The summed E-state index contributed by atoms with van der Waals surface area (Å²) in [7, 11) is 0. The summed E-state index contributed by atoms with van der Waals surface area (Å²) >= 11 is 4.84. The maximum atomic E-state index is 13.4. The highest BCUT2D eigenvalue weighted by atomic mass is 79.9. The molecule has 2 aromatic rings. The molecule has 1 atom stereocenters. The Bertz CT molecular complexity index is 521. The van der Waals surface area contributed by atoms with E-state index >= 15 is 0 Å². The van der Waals surface area contributed by atoms with E-state index in [2.05, 4.69) is 20.9 Å². The van der Waals surface area contributed by atoms with Crippen LogP contribution in [0.25, 0.3) is 0 Å². The third-order valence-electron chi connectivity index (χ3n) is 2.38.